The van der Waals surface area contributed by atoms with Crippen LogP contribution in [0.3, 0.4) is 0 Å². The summed E-state index contributed by atoms with van der Waals surface area (Å²) < 4.78 is 5.39. The van der Waals surface area contributed by atoms with Crippen LogP contribution < -0.4 is 10.5 Å². The molecule has 0 aliphatic rings. The third kappa shape index (κ3) is 2.67. The van der Waals surface area contributed by atoms with Crippen molar-refractivity contribution in [2.45, 2.75) is 0 Å². The summed E-state index contributed by atoms with van der Waals surface area (Å²) in [5.41, 5.74) is 5.66. The summed E-state index contributed by atoms with van der Waals surface area (Å²) in [6.45, 7) is 0. The largest absolute Gasteiger partial charge is 0.431 e. The van der Waals surface area contributed by atoms with Gasteiger partial charge < -0.3 is 10.5 Å². The number of benzene rings is 1. The minimum absolute atomic E-state index is 0.331. The number of ether oxygens (including phenoxy) is 1. The van der Waals surface area contributed by atoms with E-state index in [1.165, 1.54) is 6.20 Å². The first-order valence-corrected chi connectivity index (χ1v) is 5.49. The van der Waals surface area contributed by atoms with Gasteiger partial charge in [-0.05, 0) is 24.3 Å². The Morgan fingerprint density at radius 2 is 2.06 bits per heavy atom. The third-order valence-corrected chi connectivity index (χ3v) is 2.84. The molecule has 0 bridgehead atoms. The smallest absolute Gasteiger partial charge is 0.279 e. The second-order valence-electron chi connectivity index (χ2n) is 3.14. The molecule has 86 valence electrons. The molecule has 0 fully saturated rings. The van der Waals surface area contributed by atoms with Gasteiger partial charge in [0.25, 0.3) is 11.1 Å². The van der Waals surface area contributed by atoms with Crippen molar-refractivity contribution < 1.29 is 14.3 Å². The van der Waals surface area contributed by atoms with E-state index in [0.29, 0.717) is 21.4 Å². The maximum Gasteiger partial charge on any atom is 0.279 e. The van der Waals surface area contributed by atoms with Crippen LogP contribution in [0.2, 0.25) is 0 Å². The van der Waals surface area contributed by atoms with Gasteiger partial charge in [0.1, 0.15) is 16.9 Å². The van der Waals surface area contributed by atoms with Gasteiger partial charge in [0.15, 0.2) is 0 Å². The van der Waals surface area contributed by atoms with E-state index in [4.69, 9.17) is 10.5 Å². The number of hydrogen-bond acceptors (Lipinski definition) is 5. The van der Waals surface area contributed by atoms with Gasteiger partial charge in [-0.1, -0.05) is 11.3 Å². The monoisotopic (exact) mass is 248 g/mol. The number of nitrogens with zero attached hydrogens (tertiary/aromatic N) is 1. The van der Waals surface area contributed by atoms with E-state index in [-0.39, 0.29) is 0 Å². The van der Waals surface area contributed by atoms with Crippen molar-refractivity contribution in [2.75, 3.05) is 0 Å². The van der Waals surface area contributed by atoms with Gasteiger partial charge in [-0.2, -0.15) is 0 Å². The molecule has 0 aliphatic carbocycles. The molecule has 2 aromatic rings. The Morgan fingerprint density at radius 1 is 1.35 bits per heavy atom. The van der Waals surface area contributed by atoms with Crippen LogP contribution in [0.1, 0.15) is 20.0 Å². The lowest BCUT2D eigenvalue weighted by atomic mass is 10.2. The highest BCUT2D eigenvalue weighted by atomic mass is 32.1. The number of nitrogens with two attached hydrogens (primary N) is 1. The summed E-state index contributed by atoms with van der Waals surface area (Å²) in [5.74, 6) is 0.00891. The van der Waals surface area contributed by atoms with Crippen molar-refractivity contribution in [3.63, 3.8) is 0 Å². The lowest BCUT2D eigenvalue weighted by molar-refractivity contribution is 0.100. The quantitative estimate of drug-likeness (QED) is 0.837. The van der Waals surface area contributed by atoms with Crippen molar-refractivity contribution in [1.29, 1.82) is 0 Å². The SMILES string of the molecule is NC(=O)c1cnc(Oc2ccc(C=O)cc2)s1. The molecular weight excluding hydrogens is 240 g/mol. The topological polar surface area (TPSA) is 82.3 Å². The van der Waals surface area contributed by atoms with Gasteiger partial charge >= 0.3 is 0 Å². The van der Waals surface area contributed by atoms with E-state index < -0.39 is 5.91 Å². The lowest BCUT2D eigenvalue weighted by Gasteiger charge is -2.00. The zero-order valence-corrected chi connectivity index (χ0v) is 9.44. The molecule has 5 nitrogen and oxygen atoms in total. The number of hydrogen-bond donors (Lipinski definition) is 1. The highest BCUT2D eigenvalue weighted by Crippen LogP contribution is 2.26. The number of thiazole rings is 1. The molecule has 1 aromatic heterocycles. The van der Waals surface area contributed by atoms with E-state index in [9.17, 15) is 9.59 Å². The molecule has 6 heteroatoms. The van der Waals surface area contributed by atoms with E-state index in [0.717, 1.165) is 17.6 Å². The predicted molar refractivity (Wildman–Crippen MR) is 62.5 cm³/mol. The lowest BCUT2D eigenvalue weighted by Crippen LogP contribution is -2.08. The van der Waals surface area contributed by atoms with Gasteiger partial charge in [0, 0.05) is 5.56 Å². The van der Waals surface area contributed by atoms with Gasteiger partial charge in [0.05, 0.1) is 6.20 Å². The first-order valence-electron chi connectivity index (χ1n) is 4.68. The molecule has 0 unspecified atom stereocenters. The average molecular weight is 248 g/mol. The highest BCUT2D eigenvalue weighted by Gasteiger charge is 2.08. The van der Waals surface area contributed by atoms with Gasteiger partial charge in [-0.3, -0.25) is 9.59 Å². The summed E-state index contributed by atoms with van der Waals surface area (Å²) in [6.07, 6.45) is 2.11. The average Bonchev–Trinajstić information content (AvgIpc) is 2.79. The molecule has 1 heterocycles. The summed E-state index contributed by atoms with van der Waals surface area (Å²) in [6, 6.07) is 6.56. The number of aldehydes is 1. The Labute approximate surface area is 101 Å². The van der Waals surface area contributed by atoms with E-state index >= 15 is 0 Å². The summed E-state index contributed by atoms with van der Waals surface area (Å²) in [4.78, 5) is 25.5. The zero-order valence-electron chi connectivity index (χ0n) is 8.62. The molecule has 0 saturated heterocycles. The number of amides is 1. The minimum atomic E-state index is -0.534. The number of carbonyl (C=O) groups is 2. The Balaban J connectivity index is 2.13. The standard InChI is InChI=1S/C11H8N2O3S/c12-10(15)9-5-13-11(17-9)16-8-3-1-7(6-14)2-4-8/h1-6H,(H2,12,15). The Bertz CT molecular complexity index is 548. The molecule has 0 saturated carbocycles. The second kappa shape index (κ2) is 4.75. The molecule has 17 heavy (non-hydrogen) atoms. The highest BCUT2D eigenvalue weighted by molar-refractivity contribution is 7.15. The maximum absolute atomic E-state index is 10.8. The van der Waals surface area contributed by atoms with Crippen molar-refractivity contribution in [2.24, 2.45) is 5.73 Å². The van der Waals surface area contributed by atoms with E-state index in [1.807, 2.05) is 0 Å². The van der Waals surface area contributed by atoms with E-state index in [2.05, 4.69) is 4.98 Å². The van der Waals surface area contributed by atoms with Crippen LogP contribution in [-0.4, -0.2) is 17.2 Å². The fourth-order valence-electron chi connectivity index (χ4n) is 1.13. The van der Waals surface area contributed by atoms with Crippen LogP contribution in [0.5, 0.6) is 10.9 Å². The summed E-state index contributed by atoms with van der Waals surface area (Å²) in [5, 5.41) is 0.331. The molecule has 1 amide bonds. The minimum Gasteiger partial charge on any atom is -0.431 e. The molecule has 0 spiro atoms. The Morgan fingerprint density at radius 3 is 2.59 bits per heavy atom. The van der Waals surface area contributed by atoms with Crippen molar-refractivity contribution in [1.82, 2.24) is 4.98 Å². The first kappa shape index (κ1) is 11.3. The molecule has 0 radical (unpaired) electrons. The van der Waals surface area contributed by atoms with Crippen LogP contribution >= 0.6 is 11.3 Å². The molecule has 2 rings (SSSR count). The van der Waals surface area contributed by atoms with Gasteiger partial charge in [-0.25, -0.2) is 4.98 Å². The maximum atomic E-state index is 10.8. The number of rotatable bonds is 4. The first-order chi connectivity index (χ1) is 8.19. The molecule has 1 aromatic carbocycles. The van der Waals surface area contributed by atoms with Gasteiger partial charge in [0.2, 0.25) is 0 Å². The van der Waals surface area contributed by atoms with E-state index in [1.54, 1.807) is 24.3 Å². The van der Waals surface area contributed by atoms with Crippen LogP contribution in [0, 0.1) is 0 Å². The van der Waals surface area contributed by atoms with Crippen LogP contribution in [0.4, 0.5) is 0 Å². The molecule has 0 aliphatic heterocycles. The predicted octanol–water partition coefficient (Wildman–Crippen LogP) is 1.85. The van der Waals surface area contributed by atoms with Crippen LogP contribution in [0.25, 0.3) is 0 Å². The Kier molecular flexibility index (Phi) is 3.15. The fourth-order valence-corrected chi connectivity index (χ4v) is 1.77. The van der Waals surface area contributed by atoms with Crippen molar-refractivity contribution >= 4 is 23.5 Å². The van der Waals surface area contributed by atoms with Crippen molar-refractivity contribution in [3.8, 4) is 10.9 Å². The van der Waals surface area contributed by atoms with Crippen LogP contribution in [0.15, 0.2) is 30.5 Å². The van der Waals surface area contributed by atoms with Crippen molar-refractivity contribution in [3.05, 3.63) is 40.9 Å². The Hall–Kier alpha value is -2.21. The summed E-state index contributed by atoms with van der Waals surface area (Å²) in [7, 11) is 0. The molecule has 2 N–H and O–H groups in total. The number of aromatic nitrogens is 1. The summed E-state index contributed by atoms with van der Waals surface area (Å²) >= 11 is 1.07. The third-order valence-electron chi connectivity index (χ3n) is 1.95. The second-order valence-corrected chi connectivity index (χ2v) is 4.14. The zero-order chi connectivity index (χ0) is 12.3. The fraction of sp³-hybridized carbons (Fsp3) is 0. The normalized spacial score (nSPS) is 9.88. The van der Waals surface area contributed by atoms with Gasteiger partial charge in [-0.15, -0.1) is 0 Å². The van der Waals surface area contributed by atoms with Crippen LogP contribution in [-0.2, 0) is 0 Å². The number of carbonyl (C=O) groups excluding carboxylic acids is 2. The molecule has 0 atom stereocenters. The molecular formula is C11H8N2O3S. The number of primary amides is 1.